The molecule has 0 rings (SSSR count). The van der Waals surface area contributed by atoms with Gasteiger partial charge in [-0.3, -0.25) is 24.0 Å². The van der Waals surface area contributed by atoms with Crippen molar-refractivity contribution in [1.82, 2.24) is 16.0 Å². The molecule has 0 aliphatic rings. The summed E-state index contributed by atoms with van der Waals surface area (Å²) >= 11 is 0. The fourth-order valence-electron chi connectivity index (χ4n) is 3.00. The summed E-state index contributed by atoms with van der Waals surface area (Å²) in [6.07, 6.45) is -0.419. The van der Waals surface area contributed by atoms with E-state index in [-0.39, 0.29) is 25.2 Å². The van der Waals surface area contributed by atoms with E-state index < -0.39 is 72.1 Å². The number of nitrogens with two attached hydrogens (primary N) is 2. The van der Waals surface area contributed by atoms with E-state index in [4.69, 9.17) is 11.5 Å². The van der Waals surface area contributed by atoms with Crippen LogP contribution >= 0.6 is 0 Å². The van der Waals surface area contributed by atoms with E-state index in [9.17, 15) is 39.0 Å². The molecule has 13 nitrogen and oxygen atoms in total. The van der Waals surface area contributed by atoms with Crippen molar-refractivity contribution in [3.05, 3.63) is 0 Å². The van der Waals surface area contributed by atoms with Gasteiger partial charge in [0.2, 0.25) is 23.6 Å². The van der Waals surface area contributed by atoms with Crippen molar-refractivity contribution in [2.75, 3.05) is 0 Å². The Morgan fingerprint density at radius 1 is 0.853 bits per heavy atom. The lowest BCUT2D eigenvalue weighted by Gasteiger charge is -2.27. The van der Waals surface area contributed by atoms with Crippen molar-refractivity contribution < 1.29 is 39.0 Å². The van der Waals surface area contributed by atoms with Crippen molar-refractivity contribution in [1.29, 1.82) is 0 Å². The molecule has 0 fully saturated rings. The Hall–Kier alpha value is -3.22. The summed E-state index contributed by atoms with van der Waals surface area (Å²) < 4.78 is 0. The molecule has 0 aliphatic heterocycles. The van der Waals surface area contributed by atoms with Gasteiger partial charge in [-0.2, -0.15) is 0 Å². The largest absolute Gasteiger partial charge is 0.481 e. The molecule has 0 aromatic heterocycles. The van der Waals surface area contributed by atoms with Gasteiger partial charge in [-0.1, -0.05) is 34.1 Å². The Kier molecular flexibility index (Phi) is 13.4. The van der Waals surface area contributed by atoms with Crippen LogP contribution in [-0.4, -0.2) is 69.9 Å². The first-order valence-corrected chi connectivity index (χ1v) is 11.1. The van der Waals surface area contributed by atoms with Crippen molar-refractivity contribution in [3.8, 4) is 0 Å². The Morgan fingerprint density at radius 3 is 1.85 bits per heavy atom. The molecule has 5 atom stereocenters. The second kappa shape index (κ2) is 14.8. The van der Waals surface area contributed by atoms with Crippen LogP contribution in [0.25, 0.3) is 0 Å². The molecule has 0 saturated carbocycles. The predicted molar refractivity (Wildman–Crippen MR) is 121 cm³/mol. The maximum absolute atomic E-state index is 12.9. The molecule has 0 aromatic rings. The molecule has 13 heteroatoms. The standard InChI is InChI=1S/C21H37N5O8/c1-5-11(4)17(26-18(30)12(22)6-7-15(23)27)20(32)24-13(9-16(28)29)19(31)25-14(21(33)34)8-10(2)3/h10-14,17H,5-9,22H2,1-4H3,(H2,23,27)(H,24,32)(H,25,31)(H,26,30)(H,28,29)(H,33,34). The molecule has 0 aliphatic carbocycles. The fraction of sp³-hybridized carbons (Fsp3) is 0.714. The smallest absolute Gasteiger partial charge is 0.326 e. The van der Waals surface area contributed by atoms with Gasteiger partial charge >= 0.3 is 11.9 Å². The van der Waals surface area contributed by atoms with Crippen LogP contribution in [0, 0.1) is 11.8 Å². The first kappa shape index (κ1) is 30.8. The molecule has 0 saturated heterocycles. The van der Waals surface area contributed by atoms with Crippen molar-refractivity contribution in [3.63, 3.8) is 0 Å². The second-order valence-corrected chi connectivity index (χ2v) is 8.67. The maximum Gasteiger partial charge on any atom is 0.326 e. The molecule has 0 bridgehead atoms. The summed E-state index contributed by atoms with van der Waals surface area (Å²) in [6.45, 7) is 6.93. The monoisotopic (exact) mass is 487 g/mol. The Bertz CT molecular complexity index is 757. The van der Waals surface area contributed by atoms with Gasteiger partial charge in [0, 0.05) is 6.42 Å². The average Bonchev–Trinajstić information content (AvgIpc) is 2.72. The van der Waals surface area contributed by atoms with Crippen molar-refractivity contribution in [2.45, 2.75) is 84.0 Å². The number of primary amides is 1. The van der Waals surface area contributed by atoms with Crippen LogP contribution in [0.5, 0.6) is 0 Å². The summed E-state index contributed by atoms with van der Waals surface area (Å²) in [5, 5.41) is 25.5. The zero-order valence-electron chi connectivity index (χ0n) is 20.0. The van der Waals surface area contributed by atoms with Crippen LogP contribution in [0.2, 0.25) is 0 Å². The van der Waals surface area contributed by atoms with Gasteiger partial charge < -0.3 is 37.6 Å². The number of hydrogen-bond acceptors (Lipinski definition) is 7. The van der Waals surface area contributed by atoms with E-state index in [0.717, 1.165) is 0 Å². The summed E-state index contributed by atoms with van der Waals surface area (Å²) in [5.74, 6) is -6.35. The highest BCUT2D eigenvalue weighted by molar-refractivity contribution is 5.95. The van der Waals surface area contributed by atoms with Gasteiger partial charge in [-0.05, 0) is 24.7 Å². The molecule has 34 heavy (non-hydrogen) atoms. The van der Waals surface area contributed by atoms with E-state index in [1.54, 1.807) is 27.7 Å². The van der Waals surface area contributed by atoms with Gasteiger partial charge in [0.25, 0.3) is 0 Å². The Morgan fingerprint density at radius 2 is 1.41 bits per heavy atom. The van der Waals surface area contributed by atoms with Crippen molar-refractivity contribution in [2.24, 2.45) is 23.3 Å². The molecule has 0 heterocycles. The lowest BCUT2D eigenvalue weighted by atomic mass is 9.97. The minimum atomic E-state index is -1.58. The van der Waals surface area contributed by atoms with Crippen LogP contribution in [0.4, 0.5) is 0 Å². The number of carbonyl (C=O) groups is 6. The first-order chi connectivity index (χ1) is 15.7. The second-order valence-electron chi connectivity index (χ2n) is 8.67. The number of carboxylic acids is 2. The number of amides is 4. The summed E-state index contributed by atoms with van der Waals surface area (Å²) in [6, 6.07) is -5.12. The molecule has 4 amide bonds. The van der Waals surface area contributed by atoms with E-state index in [1.165, 1.54) is 0 Å². The van der Waals surface area contributed by atoms with Crippen LogP contribution in [-0.2, 0) is 28.8 Å². The van der Waals surface area contributed by atoms with E-state index in [1.807, 2.05) is 0 Å². The molecule has 9 N–H and O–H groups in total. The molecule has 0 radical (unpaired) electrons. The van der Waals surface area contributed by atoms with Crippen LogP contribution < -0.4 is 27.4 Å². The lowest BCUT2D eigenvalue weighted by Crippen LogP contribution is -2.59. The van der Waals surface area contributed by atoms with Crippen LogP contribution in [0.3, 0.4) is 0 Å². The predicted octanol–water partition coefficient (Wildman–Crippen LogP) is -1.31. The Balaban J connectivity index is 5.55. The van der Waals surface area contributed by atoms with Gasteiger partial charge in [-0.15, -0.1) is 0 Å². The third-order valence-corrected chi connectivity index (χ3v) is 5.17. The quantitative estimate of drug-likeness (QED) is 0.137. The number of carbonyl (C=O) groups excluding carboxylic acids is 4. The topological polar surface area (TPSA) is 231 Å². The third-order valence-electron chi connectivity index (χ3n) is 5.17. The number of carboxylic acid groups (broad SMARTS) is 2. The number of rotatable bonds is 16. The van der Waals surface area contributed by atoms with Crippen LogP contribution in [0.15, 0.2) is 0 Å². The average molecular weight is 488 g/mol. The minimum absolute atomic E-state index is 0.0352. The van der Waals surface area contributed by atoms with Gasteiger partial charge in [0.05, 0.1) is 12.5 Å². The number of aliphatic carboxylic acids is 2. The molecule has 194 valence electrons. The van der Waals surface area contributed by atoms with Gasteiger partial charge in [-0.25, -0.2) is 4.79 Å². The van der Waals surface area contributed by atoms with E-state index in [0.29, 0.717) is 6.42 Å². The van der Waals surface area contributed by atoms with Gasteiger partial charge in [0.1, 0.15) is 18.1 Å². The molecule has 0 aromatic carbocycles. The fourth-order valence-corrected chi connectivity index (χ4v) is 3.00. The minimum Gasteiger partial charge on any atom is -0.481 e. The highest BCUT2D eigenvalue weighted by Crippen LogP contribution is 2.11. The number of nitrogens with one attached hydrogen (secondary N) is 3. The van der Waals surface area contributed by atoms with E-state index >= 15 is 0 Å². The highest BCUT2D eigenvalue weighted by atomic mass is 16.4. The molecular formula is C21H37N5O8. The SMILES string of the molecule is CCC(C)C(NC(=O)C(N)CCC(N)=O)C(=O)NC(CC(=O)O)C(=O)NC(CC(C)C)C(=O)O. The third kappa shape index (κ3) is 11.6. The van der Waals surface area contributed by atoms with Gasteiger partial charge in [0.15, 0.2) is 0 Å². The first-order valence-electron chi connectivity index (χ1n) is 11.1. The summed E-state index contributed by atoms with van der Waals surface area (Å²) in [5.41, 5.74) is 10.8. The highest BCUT2D eigenvalue weighted by Gasteiger charge is 2.33. The summed E-state index contributed by atoms with van der Waals surface area (Å²) in [7, 11) is 0. The normalized spacial score (nSPS) is 15.4. The molecular weight excluding hydrogens is 450 g/mol. The van der Waals surface area contributed by atoms with Crippen LogP contribution in [0.1, 0.15) is 59.8 Å². The zero-order chi connectivity index (χ0) is 26.6. The maximum atomic E-state index is 12.9. The number of hydrogen-bond donors (Lipinski definition) is 7. The zero-order valence-corrected chi connectivity index (χ0v) is 20.0. The molecule has 0 spiro atoms. The van der Waals surface area contributed by atoms with Crippen molar-refractivity contribution >= 4 is 35.6 Å². The lowest BCUT2D eigenvalue weighted by molar-refractivity contribution is -0.144. The Labute approximate surface area is 198 Å². The summed E-state index contributed by atoms with van der Waals surface area (Å²) in [4.78, 5) is 71.6. The molecule has 5 unspecified atom stereocenters. The van der Waals surface area contributed by atoms with E-state index in [2.05, 4.69) is 16.0 Å².